The molecule has 0 saturated heterocycles. The first-order chi connectivity index (χ1) is 9.74. The highest BCUT2D eigenvalue weighted by Gasteiger charge is 2.25. The van der Waals surface area contributed by atoms with Gasteiger partial charge in [-0.05, 0) is 23.3 Å². The molecule has 4 nitrogen and oxygen atoms in total. The molecule has 4 heteroatoms. The molecule has 0 aromatic heterocycles. The summed E-state index contributed by atoms with van der Waals surface area (Å²) in [6.45, 7) is 1.42. The number of anilines is 1. The van der Waals surface area contributed by atoms with Crippen LogP contribution in [0.4, 0.5) is 5.69 Å². The third kappa shape index (κ3) is 2.51. The van der Waals surface area contributed by atoms with Gasteiger partial charge in [0.25, 0.3) is 0 Å². The summed E-state index contributed by atoms with van der Waals surface area (Å²) >= 11 is 0. The molecule has 1 atom stereocenters. The molecular formula is C16H16N2O2. The third-order valence-electron chi connectivity index (χ3n) is 3.52. The van der Waals surface area contributed by atoms with Crippen molar-refractivity contribution in [3.8, 4) is 5.75 Å². The number of carbonyl (C=O) groups excluding carboxylic acids is 1. The molecule has 2 aromatic carbocycles. The molecule has 0 saturated carbocycles. The number of carbonyl (C=O) groups is 1. The molecule has 20 heavy (non-hydrogen) atoms. The Balaban J connectivity index is 1.82. The van der Waals surface area contributed by atoms with Crippen LogP contribution in [0.3, 0.4) is 0 Å². The Bertz CT molecular complexity index is 640. The second kappa shape index (κ2) is 5.35. The molecule has 1 aliphatic heterocycles. The number of fused-ring (bicyclic) bond motifs is 1. The van der Waals surface area contributed by atoms with Gasteiger partial charge in [0, 0.05) is 24.8 Å². The van der Waals surface area contributed by atoms with Gasteiger partial charge < -0.3 is 15.7 Å². The molecule has 1 unspecified atom stereocenters. The molecule has 0 aliphatic carbocycles. The summed E-state index contributed by atoms with van der Waals surface area (Å²) in [4.78, 5) is 12.4. The van der Waals surface area contributed by atoms with Gasteiger partial charge in [0.1, 0.15) is 5.75 Å². The standard InChI is InChI=1S/C16H16N2O2/c19-13-6-3-5-12(8-13)18-16(20)15-10-17-9-11-4-1-2-7-14(11)15/h1-8,15,17,19H,9-10H2,(H,18,20). The number of phenolic OH excluding ortho intramolecular Hbond substituents is 1. The van der Waals surface area contributed by atoms with Crippen molar-refractivity contribution in [2.75, 3.05) is 11.9 Å². The second-order valence-electron chi connectivity index (χ2n) is 4.92. The SMILES string of the molecule is O=C(Nc1cccc(O)c1)C1CNCc2ccccc21. The highest BCUT2D eigenvalue weighted by Crippen LogP contribution is 2.25. The maximum Gasteiger partial charge on any atom is 0.233 e. The first kappa shape index (κ1) is 12.7. The molecule has 0 fully saturated rings. The Kier molecular flexibility index (Phi) is 3.39. The molecule has 3 rings (SSSR count). The van der Waals surface area contributed by atoms with Gasteiger partial charge in [-0.1, -0.05) is 30.3 Å². The zero-order valence-electron chi connectivity index (χ0n) is 11.0. The van der Waals surface area contributed by atoms with Gasteiger partial charge in [0.2, 0.25) is 5.91 Å². The summed E-state index contributed by atoms with van der Waals surface area (Å²) in [6, 6.07) is 14.6. The van der Waals surface area contributed by atoms with Crippen molar-refractivity contribution in [2.24, 2.45) is 0 Å². The van der Waals surface area contributed by atoms with Gasteiger partial charge in [0.05, 0.1) is 5.92 Å². The first-order valence-electron chi connectivity index (χ1n) is 6.62. The smallest absolute Gasteiger partial charge is 0.233 e. The van der Waals surface area contributed by atoms with E-state index in [1.165, 1.54) is 0 Å². The number of hydrogen-bond donors (Lipinski definition) is 3. The minimum atomic E-state index is -0.206. The fraction of sp³-hybridized carbons (Fsp3) is 0.188. The number of benzene rings is 2. The highest BCUT2D eigenvalue weighted by molar-refractivity contribution is 5.96. The maximum absolute atomic E-state index is 12.4. The minimum Gasteiger partial charge on any atom is -0.508 e. The average Bonchev–Trinajstić information content (AvgIpc) is 2.46. The predicted octanol–water partition coefficient (Wildman–Crippen LogP) is 2.22. The van der Waals surface area contributed by atoms with Crippen molar-refractivity contribution in [1.29, 1.82) is 0 Å². The molecule has 1 heterocycles. The summed E-state index contributed by atoms with van der Waals surface area (Å²) in [5.41, 5.74) is 2.84. The lowest BCUT2D eigenvalue weighted by molar-refractivity contribution is -0.117. The zero-order chi connectivity index (χ0) is 13.9. The van der Waals surface area contributed by atoms with Crippen molar-refractivity contribution < 1.29 is 9.90 Å². The number of rotatable bonds is 2. The molecule has 102 valence electrons. The number of amides is 1. The topological polar surface area (TPSA) is 61.4 Å². The van der Waals surface area contributed by atoms with Crippen LogP contribution in [0, 0.1) is 0 Å². The van der Waals surface area contributed by atoms with Crippen LogP contribution < -0.4 is 10.6 Å². The Hall–Kier alpha value is -2.33. The van der Waals surface area contributed by atoms with Gasteiger partial charge in [-0.25, -0.2) is 0 Å². The highest BCUT2D eigenvalue weighted by atomic mass is 16.3. The fourth-order valence-electron chi connectivity index (χ4n) is 2.54. The number of nitrogens with one attached hydrogen (secondary N) is 2. The van der Waals surface area contributed by atoms with E-state index in [2.05, 4.69) is 10.6 Å². The van der Waals surface area contributed by atoms with E-state index in [0.29, 0.717) is 12.2 Å². The molecule has 0 bridgehead atoms. The molecule has 0 spiro atoms. The Morgan fingerprint density at radius 1 is 1.20 bits per heavy atom. The Morgan fingerprint density at radius 3 is 2.90 bits per heavy atom. The Labute approximate surface area is 117 Å². The van der Waals surface area contributed by atoms with E-state index in [1.54, 1.807) is 24.3 Å². The van der Waals surface area contributed by atoms with Crippen LogP contribution in [0.25, 0.3) is 0 Å². The first-order valence-corrected chi connectivity index (χ1v) is 6.62. The van der Waals surface area contributed by atoms with Crippen LogP contribution in [-0.2, 0) is 11.3 Å². The fourth-order valence-corrected chi connectivity index (χ4v) is 2.54. The van der Waals surface area contributed by atoms with Crippen molar-refractivity contribution in [3.63, 3.8) is 0 Å². The van der Waals surface area contributed by atoms with Crippen LogP contribution in [0.2, 0.25) is 0 Å². The summed E-state index contributed by atoms with van der Waals surface area (Å²) in [7, 11) is 0. The lowest BCUT2D eigenvalue weighted by Gasteiger charge is -2.25. The lowest BCUT2D eigenvalue weighted by atomic mass is 9.90. The van der Waals surface area contributed by atoms with E-state index in [-0.39, 0.29) is 17.6 Å². The molecular weight excluding hydrogens is 252 g/mol. The van der Waals surface area contributed by atoms with Crippen LogP contribution in [0.15, 0.2) is 48.5 Å². The maximum atomic E-state index is 12.4. The predicted molar refractivity (Wildman–Crippen MR) is 77.6 cm³/mol. The van der Waals surface area contributed by atoms with E-state index in [4.69, 9.17) is 0 Å². The monoisotopic (exact) mass is 268 g/mol. The van der Waals surface area contributed by atoms with Crippen molar-refractivity contribution >= 4 is 11.6 Å². The van der Waals surface area contributed by atoms with Crippen molar-refractivity contribution in [3.05, 3.63) is 59.7 Å². The zero-order valence-corrected chi connectivity index (χ0v) is 11.0. The third-order valence-corrected chi connectivity index (χ3v) is 3.52. The van der Waals surface area contributed by atoms with Gasteiger partial charge >= 0.3 is 0 Å². The van der Waals surface area contributed by atoms with Gasteiger partial charge in [-0.15, -0.1) is 0 Å². The minimum absolute atomic E-state index is 0.0600. The quantitative estimate of drug-likeness (QED) is 0.782. The number of aromatic hydroxyl groups is 1. The lowest BCUT2D eigenvalue weighted by Crippen LogP contribution is -2.35. The van der Waals surface area contributed by atoms with Gasteiger partial charge in [-0.2, -0.15) is 0 Å². The van der Waals surface area contributed by atoms with Crippen LogP contribution in [0.1, 0.15) is 17.0 Å². The number of hydrogen-bond acceptors (Lipinski definition) is 3. The Morgan fingerprint density at radius 2 is 2.05 bits per heavy atom. The summed E-state index contributed by atoms with van der Waals surface area (Å²) < 4.78 is 0. The van der Waals surface area contributed by atoms with E-state index in [1.807, 2.05) is 24.3 Å². The van der Waals surface area contributed by atoms with Crippen molar-refractivity contribution in [2.45, 2.75) is 12.5 Å². The van der Waals surface area contributed by atoms with Crippen LogP contribution in [-0.4, -0.2) is 17.6 Å². The molecule has 3 N–H and O–H groups in total. The molecule has 0 radical (unpaired) electrons. The summed E-state index contributed by atoms with van der Waals surface area (Å²) in [6.07, 6.45) is 0. The van der Waals surface area contributed by atoms with E-state index < -0.39 is 0 Å². The second-order valence-corrected chi connectivity index (χ2v) is 4.92. The van der Waals surface area contributed by atoms with Crippen molar-refractivity contribution in [1.82, 2.24) is 5.32 Å². The normalized spacial score (nSPS) is 17.3. The molecule has 1 amide bonds. The van der Waals surface area contributed by atoms with E-state index in [9.17, 15) is 9.90 Å². The molecule has 1 aliphatic rings. The van der Waals surface area contributed by atoms with Crippen LogP contribution >= 0.6 is 0 Å². The number of phenols is 1. The van der Waals surface area contributed by atoms with E-state index in [0.717, 1.165) is 17.7 Å². The molecule has 2 aromatic rings. The van der Waals surface area contributed by atoms with E-state index >= 15 is 0 Å². The van der Waals surface area contributed by atoms with Gasteiger partial charge in [-0.3, -0.25) is 4.79 Å². The van der Waals surface area contributed by atoms with Gasteiger partial charge in [0.15, 0.2) is 0 Å². The van der Waals surface area contributed by atoms with Crippen LogP contribution in [0.5, 0.6) is 5.75 Å². The largest absolute Gasteiger partial charge is 0.508 e. The summed E-state index contributed by atoms with van der Waals surface area (Å²) in [5.74, 6) is -0.123. The average molecular weight is 268 g/mol. The summed E-state index contributed by atoms with van der Waals surface area (Å²) in [5, 5.41) is 15.5.